The molecular weight excluding hydrogens is 408 g/mol. The molecule has 0 amide bonds. The van der Waals surface area contributed by atoms with Crippen molar-refractivity contribution in [3.63, 3.8) is 0 Å². The SMILES string of the molecule is CC(=O)Oc1ccccc1C(=O)[C@H](CS(=O)(=O)c1ccc(C)cc1)[C@H](C)OC(C)=O. The van der Waals surface area contributed by atoms with Gasteiger partial charge in [0.2, 0.25) is 0 Å². The second kappa shape index (κ2) is 9.67. The fraction of sp³-hybridized carbons (Fsp3) is 0.318. The van der Waals surface area contributed by atoms with E-state index >= 15 is 0 Å². The Labute approximate surface area is 175 Å². The zero-order valence-electron chi connectivity index (χ0n) is 17.2. The summed E-state index contributed by atoms with van der Waals surface area (Å²) in [7, 11) is -3.87. The average Bonchev–Trinajstić information content (AvgIpc) is 2.65. The molecule has 0 aliphatic rings. The molecule has 0 heterocycles. The predicted octanol–water partition coefficient (Wildman–Crippen LogP) is 3.14. The van der Waals surface area contributed by atoms with Gasteiger partial charge in [0.1, 0.15) is 11.9 Å². The van der Waals surface area contributed by atoms with Gasteiger partial charge < -0.3 is 9.47 Å². The number of ketones is 1. The van der Waals surface area contributed by atoms with Gasteiger partial charge in [0.05, 0.1) is 22.1 Å². The van der Waals surface area contributed by atoms with Crippen molar-refractivity contribution in [3.05, 3.63) is 59.7 Å². The van der Waals surface area contributed by atoms with Crippen LogP contribution in [0.5, 0.6) is 5.75 Å². The first-order valence-corrected chi connectivity index (χ1v) is 10.9. The van der Waals surface area contributed by atoms with Crippen LogP contribution in [0.2, 0.25) is 0 Å². The molecule has 0 aromatic heterocycles. The van der Waals surface area contributed by atoms with E-state index in [-0.39, 0.29) is 16.2 Å². The molecule has 0 fully saturated rings. The first-order chi connectivity index (χ1) is 14.0. The zero-order chi connectivity index (χ0) is 22.5. The third kappa shape index (κ3) is 6.00. The number of esters is 2. The maximum Gasteiger partial charge on any atom is 0.308 e. The molecule has 0 N–H and O–H groups in total. The van der Waals surface area contributed by atoms with E-state index in [0.717, 1.165) is 5.56 Å². The Hall–Kier alpha value is -3.00. The lowest BCUT2D eigenvalue weighted by Crippen LogP contribution is -2.35. The number of aryl methyl sites for hydroxylation is 1. The largest absolute Gasteiger partial charge is 0.462 e. The van der Waals surface area contributed by atoms with Crippen LogP contribution >= 0.6 is 0 Å². The van der Waals surface area contributed by atoms with Gasteiger partial charge in [-0.25, -0.2) is 8.42 Å². The standard InChI is InChI=1S/C22H24O7S/c1-14-9-11-18(12-10-14)30(26,27)13-20(15(2)28-16(3)23)22(25)19-7-5-6-8-21(19)29-17(4)24/h5-12,15,20H,13H2,1-4H3/t15-,20+/m0/s1. The van der Waals surface area contributed by atoms with Crippen molar-refractivity contribution in [2.75, 3.05) is 5.75 Å². The molecule has 160 valence electrons. The molecule has 2 rings (SSSR count). The Kier molecular flexibility index (Phi) is 7.50. The maximum atomic E-state index is 13.3. The second-order valence-electron chi connectivity index (χ2n) is 6.97. The molecular formula is C22H24O7S. The van der Waals surface area contributed by atoms with Gasteiger partial charge in [0, 0.05) is 13.8 Å². The summed E-state index contributed by atoms with van der Waals surface area (Å²) in [4.78, 5) is 36.2. The van der Waals surface area contributed by atoms with Gasteiger partial charge in [-0.05, 0) is 38.1 Å². The summed E-state index contributed by atoms with van der Waals surface area (Å²) >= 11 is 0. The molecule has 0 saturated carbocycles. The van der Waals surface area contributed by atoms with Crippen LogP contribution in [0, 0.1) is 12.8 Å². The van der Waals surface area contributed by atoms with E-state index in [9.17, 15) is 22.8 Å². The monoisotopic (exact) mass is 432 g/mol. The number of hydrogen-bond donors (Lipinski definition) is 0. The van der Waals surface area contributed by atoms with E-state index in [2.05, 4.69) is 0 Å². The van der Waals surface area contributed by atoms with E-state index in [0.29, 0.717) is 0 Å². The Morgan fingerprint density at radius 3 is 2.10 bits per heavy atom. The van der Waals surface area contributed by atoms with Crippen molar-refractivity contribution >= 4 is 27.6 Å². The molecule has 7 nitrogen and oxygen atoms in total. The number of rotatable bonds is 8. The van der Waals surface area contributed by atoms with Crippen molar-refractivity contribution < 1.29 is 32.3 Å². The second-order valence-corrected chi connectivity index (χ2v) is 9.00. The number of sulfone groups is 1. The molecule has 0 bridgehead atoms. The fourth-order valence-corrected chi connectivity index (χ4v) is 4.60. The van der Waals surface area contributed by atoms with Crippen LogP contribution in [0.15, 0.2) is 53.4 Å². The number of Topliss-reactive ketones (excluding diaryl/α,β-unsaturated/α-hetero) is 1. The number of carbonyl (C=O) groups is 3. The molecule has 30 heavy (non-hydrogen) atoms. The van der Waals surface area contributed by atoms with Gasteiger partial charge in [-0.3, -0.25) is 14.4 Å². The Morgan fingerprint density at radius 1 is 0.933 bits per heavy atom. The zero-order valence-corrected chi connectivity index (χ0v) is 18.1. The van der Waals surface area contributed by atoms with Crippen molar-refractivity contribution in [3.8, 4) is 5.75 Å². The number of hydrogen-bond acceptors (Lipinski definition) is 7. The van der Waals surface area contributed by atoms with E-state index in [1.54, 1.807) is 24.3 Å². The summed E-state index contributed by atoms with van der Waals surface area (Å²) in [5, 5.41) is 0. The molecule has 2 aromatic rings. The third-order valence-electron chi connectivity index (χ3n) is 4.44. The average molecular weight is 432 g/mol. The van der Waals surface area contributed by atoms with Gasteiger partial charge >= 0.3 is 11.9 Å². The number of para-hydroxylation sites is 1. The van der Waals surface area contributed by atoms with Gasteiger partial charge in [-0.15, -0.1) is 0 Å². The number of ether oxygens (including phenoxy) is 2. The van der Waals surface area contributed by atoms with Gasteiger partial charge in [-0.2, -0.15) is 0 Å². The summed E-state index contributed by atoms with van der Waals surface area (Å²) in [6, 6.07) is 12.3. The highest BCUT2D eigenvalue weighted by Gasteiger charge is 2.35. The normalized spacial score (nSPS) is 13.2. The Balaban J connectivity index is 2.45. The molecule has 2 atom stereocenters. The highest BCUT2D eigenvalue weighted by atomic mass is 32.2. The Bertz CT molecular complexity index is 1040. The number of carbonyl (C=O) groups excluding carboxylic acids is 3. The van der Waals surface area contributed by atoms with Crippen LogP contribution in [-0.2, 0) is 24.2 Å². The first-order valence-electron chi connectivity index (χ1n) is 9.29. The lowest BCUT2D eigenvalue weighted by Gasteiger charge is -2.23. The summed E-state index contributed by atoms with van der Waals surface area (Å²) in [6.45, 7) is 5.67. The quantitative estimate of drug-likeness (QED) is 0.358. The van der Waals surface area contributed by atoms with Crippen LogP contribution in [-0.4, -0.2) is 38.0 Å². The molecule has 0 aliphatic heterocycles. The number of benzene rings is 2. The molecule has 2 aromatic carbocycles. The van der Waals surface area contributed by atoms with Crippen LogP contribution < -0.4 is 4.74 Å². The lowest BCUT2D eigenvalue weighted by molar-refractivity contribution is -0.146. The summed E-state index contributed by atoms with van der Waals surface area (Å²) < 4.78 is 36.2. The summed E-state index contributed by atoms with van der Waals surface area (Å²) in [6.07, 6.45) is -1.01. The lowest BCUT2D eigenvalue weighted by atomic mass is 9.94. The van der Waals surface area contributed by atoms with E-state index in [1.807, 2.05) is 6.92 Å². The third-order valence-corrected chi connectivity index (χ3v) is 6.23. The van der Waals surface area contributed by atoms with Crippen LogP contribution in [0.25, 0.3) is 0 Å². The van der Waals surface area contributed by atoms with E-state index < -0.39 is 45.3 Å². The molecule has 0 unspecified atom stereocenters. The highest BCUT2D eigenvalue weighted by molar-refractivity contribution is 7.91. The summed E-state index contributed by atoms with van der Waals surface area (Å²) in [5.74, 6) is -3.61. The molecule has 8 heteroatoms. The van der Waals surface area contributed by atoms with Crippen molar-refractivity contribution in [2.24, 2.45) is 5.92 Å². The molecule has 0 aliphatic carbocycles. The van der Waals surface area contributed by atoms with E-state index in [4.69, 9.17) is 9.47 Å². The van der Waals surface area contributed by atoms with Gasteiger partial charge in [-0.1, -0.05) is 29.8 Å². The predicted molar refractivity (Wildman–Crippen MR) is 110 cm³/mol. The molecule has 0 saturated heterocycles. The Morgan fingerprint density at radius 2 is 1.53 bits per heavy atom. The smallest absolute Gasteiger partial charge is 0.308 e. The van der Waals surface area contributed by atoms with Crippen molar-refractivity contribution in [1.82, 2.24) is 0 Å². The summed E-state index contributed by atoms with van der Waals surface area (Å²) in [5.41, 5.74) is 0.931. The van der Waals surface area contributed by atoms with Crippen LogP contribution in [0.1, 0.15) is 36.7 Å². The van der Waals surface area contributed by atoms with E-state index in [1.165, 1.54) is 45.0 Å². The minimum Gasteiger partial charge on any atom is -0.462 e. The molecule has 0 spiro atoms. The fourth-order valence-electron chi connectivity index (χ4n) is 2.96. The molecule has 0 radical (unpaired) electrons. The van der Waals surface area contributed by atoms with Gasteiger partial charge in [0.15, 0.2) is 15.6 Å². The maximum absolute atomic E-state index is 13.3. The first kappa shape index (κ1) is 23.3. The van der Waals surface area contributed by atoms with Gasteiger partial charge in [0.25, 0.3) is 0 Å². The minimum atomic E-state index is -3.87. The topological polar surface area (TPSA) is 104 Å². The minimum absolute atomic E-state index is 0.0164. The van der Waals surface area contributed by atoms with Crippen molar-refractivity contribution in [1.29, 1.82) is 0 Å². The van der Waals surface area contributed by atoms with Crippen LogP contribution in [0.3, 0.4) is 0 Å². The van der Waals surface area contributed by atoms with Crippen molar-refractivity contribution in [2.45, 2.75) is 38.7 Å². The highest BCUT2D eigenvalue weighted by Crippen LogP contribution is 2.27. The van der Waals surface area contributed by atoms with Crippen LogP contribution in [0.4, 0.5) is 0 Å².